The molecule has 1 heterocycles. The zero-order chi connectivity index (χ0) is 21.6. The normalized spacial score (nSPS) is 13.0. The molecule has 0 saturated carbocycles. The highest BCUT2D eigenvalue weighted by Crippen LogP contribution is 2.26. The largest absolute Gasteiger partial charge is 0.455 e. The molecule has 29 heavy (non-hydrogen) atoms. The van der Waals surface area contributed by atoms with Crippen LogP contribution in [0, 0.1) is 17.2 Å². The maximum atomic E-state index is 12.0. The van der Waals surface area contributed by atoms with Crippen LogP contribution in [0.15, 0.2) is 29.6 Å². The minimum atomic E-state index is -1.00. The lowest BCUT2D eigenvalue weighted by molar-refractivity contribution is -0.148. The van der Waals surface area contributed by atoms with Crippen LogP contribution in [0.1, 0.15) is 51.8 Å². The molecule has 7 heteroatoms. The van der Waals surface area contributed by atoms with Crippen LogP contribution in [-0.4, -0.2) is 29.0 Å². The van der Waals surface area contributed by atoms with Gasteiger partial charge in [0.1, 0.15) is 10.5 Å². The Bertz CT molecular complexity index is 897. The molecule has 1 N–H and O–H groups in total. The highest BCUT2D eigenvalue weighted by atomic mass is 32.1. The third kappa shape index (κ3) is 6.13. The molecule has 0 aliphatic carbocycles. The van der Waals surface area contributed by atoms with Crippen molar-refractivity contribution in [3.05, 3.63) is 40.9 Å². The maximum absolute atomic E-state index is 12.0. The summed E-state index contributed by atoms with van der Waals surface area (Å²) < 4.78 is 5.04. The first-order valence-corrected chi connectivity index (χ1v) is 10.4. The van der Waals surface area contributed by atoms with E-state index in [0.29, 0.717) is 11.6 Å². The van der Waals surface area contributed by atoms with E-state index in [9.17, 15) is 14.9 Å². The van der Waals surface area contributed by atoms with E-state index < -0.39 is 24.0 Å². The van der Waals surface area contributed by atoms with E-state index in [1.54, 1.807) is 6.92 Å². The number of nitriles is 1. The Hall–Kier alpha value is -2.72. The summed E-state index contributed by atoms with van der Waals surface area (Å²) in [5.41, 5.74) is 1.87. The van der Waals surface area contributed by atoms with Crippen molar-refractivity contribution >= 4 is 23.2 Å². The minimum absolute atomic E-state index is 0.00639. The van der Waals surface area contributed by atoms with Gasteiger partial charge in [-0.05, 0) is 24.3 Å². The molecule has 0 radical (unpaired) electrons. The van der Waals surface area contributed by atoms with Crippen LogP contribution < -0.4 is 5.32 Å². The standard InChI is InChI=1S/C22H27N3O3S/c1-14(2)16-6-8-17(9-7-16)21-24-18(12-29-21)10-20(27)28-11-19(26)25-22(5,13-23)15(3)4/h6-9,12,14-15H,10-11H2,1-5H3,(H,25,26)/t22-/m0/s1. The molecular weight excluding hydrogens is 386 g/mol. The summed E-state index contributed by atoms with van der Waals surface area (Å²) in [6.07, 6.45) is -0.00639. The second kappa shape index (κ2) is 9.66. The number of benzene rings is 1. The number of hydrogen-bond donors (Lipinski definition) is 1. The summed E-state index contributed by atoms with van der Waals surface area (Å²) in [4.78, 5) is 28.5. The van der Waals surface area contributed by atoms with Crippen LogP contribution in [0.2, 0.25) is 0 Å². The fourth-order valence-electron chi connectivity index (χ4n) is 2.50. The number of amides is 1. The molecule has 0 aliphatic heterocycles. The zero-order valence-corrected chi connectivity index (χ0v) is 18.3. The molecule has 0 unspecified atom stereocenters. The van der Waals surface area contributed by atoms with Crippen molar-refractivity contribution in [3.8, 4) is 16.6 Å². The summed E-state index contributed by atoms with van der Waals surface area (Å²) in [7, 11) is 0. The van der Waals surface area contributed by atoms with Gasteiger partial charge in [0.05, 0.1) is 18.2 Å². The highest BCUT2D eigenvalue weighted by molar-refractivity contribution is 7.13. The number of rotatable bonds is 8. The van der Waals surface area contributed by atoms with Gasteiger partial charge >= 0.3 is 5.97 Å². The second-order valence-electron chi connectivity index (χ2n) is 7.78. The Kier molecular flexibility index (Phi) is 7.52. The molecule has 1 aromatic carbocycles. The Labute approximate surface area is 175 Å². The fraction of sp³-hybridized carbons (Fsp3) is 0.455. The van der Waals surface area contributed by atoms with Crippen LogP contribution in [0.25, 0.3) is 10.6 Å². The number of esters is 1. The average Bonchev–Trinajstić information content (AvgIpc) is 3.14. The molecule has 1 aromatic heterocycles. The van der Waals surface area contributed by atoms with Crippen molar-refractivity contribution in [3.63, 3.8) is 0 Å². The van der Waals surface area contributed by atoms with Gasteiger partial charge in [0, 0.05) is 10.9 Å². The molecule has 2 aromatic rings. The number of carbonyl (C=O) groups excluding carboxylic acids is 2. The number of carbonyl (C=O) groups is 2. The van der Waals surface area contributed by atoms with Gasteiger partial charge in [-0.25, -0.2) is 4.98 Å². The molecule has 0 spiro atoms. The fourth-order valence-corrected chi connectivity index (χ4v) is 3.33. The van der Waals surface area contributed by atoms with Gasteiger partial charge in [-0.3, -0.25) is 9.59 Å². The highest BCUT2D eigenvalue weighted by Gasteiger charge is 2.30. The van der Waals surface area contributed by atoms with E-state index in [1.807, 2.05) is 31.4 Å². The number of nitrogens with one attached hydrogen (secondary N) is 1. The number of nitrogens with zero attached hydrogens (tertiary/aromatic N) is 2. The molecule has 0 aliphatic rings. The van der Waals surface area contributed by atoms with Crippen molar-refractivity contribution in [1.29, 1.82) is 5.26 Å². The average molecular weight is 414 g/mol. The van der Waals surface area contributed by atoms with Gasteiger partial charge < -0.3 is 10.1 Å². The van der Waals surface area contributed by atoms with E-state index in [4.69, 9.17) is 4.74 Å². The predicted octanol–water partition coefficient (Wildman–Crippen LogP) is 4.07. The molecule has 0 bridgehead atoms. The van der Waals surface area contributed by atoms with Gasteiger partial charge in [0.2, 0.25) is 0 Å². The molecule has 0 fully saturated rings. The monoisotopic (exact) mass is 413 g/mol. The van der Waals surface area contributed by atoms with E-state index in [1.165, 1.54) is 16.9 Å². The maximum Gasteiger partial charge on any atom is 0.312 e. The van der Waals surface area contributed by atoms with Gasteiger partial charge in [0.15, 0.2) is 6.61 Å². The van der Waals surface area contributed by atoms with Crippen LogP contribution in [0.3, 0.4) is 0 Å². The Morgan fingerprint density at radius 3 is 2.45 bits per heavy atom. The third-order valence-electron chi connectivity index (χ3n) is 4.85. The summed E-state index contributed by atoms with van der Waals surface area (Å²) in [6, 6.07) is 10.3. The number of thiazole rings is 1. The van der Waals surface area contributed by atoms with E-state index >= 15 is 0 Å². The molecule has 2 rings (SSSR count). The lowest BCUT2D eigenvalue weighted by Gasteiger charge is -2.27. The second-order valence-corrected chi connectivity index (χ2v) is 8.63. The van der Waals surface area contributed by atoms with Crippen molar-refractivity contribution in [2.75, 3.05) is 6.61 Å². The van der Waals surface area contributed by atoms with Crippen molar-refractivity contribution in [2.24, 2.45) is 5.92 Å². The quantitative estimate of drug-likeness (QED) is 0.659. The Morgan fingerprint density at radius 1 is 1.24 bits per heavy atom. The minimum Gasteiger partial charge on any atom is -0.455 e. The van der Waals surface area contributed by atoms with Crippen molar-refractivity contribution < 1.29 is 14.3 Å². The summed E-state index contributed by atoms with van der Waals surface area (Å²) in [6.45, 7) is 9.19. The van der Waals surface area contributed by atoms with Crippen LogP contribution in [0.5, 0.6) is 0 Å². The number of aromatic nitrogens is 1. The third-order valence-corrected chi connectivity index (χ3v) is 5.79. The van der Waals surface area contributed by atoms with Crippen molar-refractivity contribution in [2.45, 2.75) is 52.5 Å². The lowest BCUT2D eigenvalue weighted by atomic mass is 9.90. The molecule has 0 saturated heterocycles. The van der Waals surface area contributed by atoms with Gasteiger partial charge in [-0.1, -0.05) is 52.0 Å². The number of hydrogen-bond acceptors (Lipinski definition) is 6. The molecule has 1 atom stereocenters. The first kappa shape index (κ1) is 22.6. The first-order valence-electron chi connectivity index (χ1n) is 9.57. The number of ether oxygens (including phenoxy) is 1. The van der Waals surface area contributed by atoms with E-state index in [2.05, 4.69) is 42.4 Å². The van der Waals surface area contributed by atoms with Crippen LogP contribution in [-0.2, 0) is 20.7 Å². The first-order chi connectivity index (χ1) is 13.6. The van der Waals surface area contributed by atoms with Crippen LogP contribution in [0.4, 0.5) is 0 Å². The van der Waals surface area contributed by atoms with Gasteiger partial charge in [-0.15, -0.1) is 11.3 Å². The lowest BCUT2D eigenvalue weighted by Crippen LogP contribution is -2.50. The van der Waals surface area contributed by atoms with Gasteiger partial charge in [-0.2, -0.15) is 5.26 Å². The molecule has 6 nitrogen and oxygen atoms in total. The SMILES string of the molecule is CC(C)c1ccc(-c2nc(CC(=O)OCC(=O)N[C@@](C)(C#N)C(C)C)cs2)cc1. The van der Waals surface area contributed by atoms with Gasteiger partial charge in [0.25, 0.3) is 5.91 Å². The van der Waals surface area contributed by atoms with E-state index in [0.717, 1.165) is 10.6 Å². The summed E-state index contributed by atoms with van der Waals surface area (Å²) in [5, 5.41) is 14.5. The molecular formula is C22H27N3O3S. The Morgan fingerprint density at radius 2 is 1.90 bits per heavy atom. The topological polar surface area (TPSA) is 92.1 Å². The molecule has 1 amide bonds. The molecule has 154 valence electrons. The summed E-state index contributed by atoms with van der Waals surface area (Å²) >= 11 is 1.46. The zero-order valence-electron chi connectivity index (χ0n) is 17.5. The van der Waals surface area contributed by atoms with Crippen LogP contribution >= 0.6 is 11.3 Å². The Balaban J connectivity index is 1.89. The van der Waals surface area contributed by atoms with E-state index in [-0.39, 0.29) is 12.3 Å². The van der Waals surface area contributed by atoms with Crippen molar-refractivity contribution in [1.82, 2.24) is 10.3 Å². The predicted molar refractivity (Wildman–Crippen MR) is 113 cm³/mol. The smallest absolute Gasteiger partial charge is 0.312 e. The summed E-state index contributed by atoms with van der Waals surface area (Å²) in [5.74, 6) is -0.639.